The molecule has 8 heteroatoms. The number of fused-ring (bicyclic) bond motifs is 1. The first-order chi connectivity index (χ1) is 19.8. The van der Waals surface area contributed by atoms with E-state index in [9.17, 15) is 24.6 Å². The highest BCUT2D eigenvalue weighted by atomic mass is 16.5. The molecule has 0 aliphatic heterocycles. The second-order valence-electron chi connectivity index (χ2n) is 9.46. The predicted molar refractivity (Wildman–Crippen MR) is 155 cm³/mol. The van der Waals surface area contributed by atoms with Crippen LogP contribution >= 0.6 is 0 Å². The molecule has 1 unspecified atom stereocenters. The van der Waals surface area contributed by atoms with Crippen LogP contribution < -0.4 is 5.32 Å². The van der Waals surface area contributed by atoms with E-state index < -0.39 is 23.9 Å². The van der Waals surface area contributed by atoms with Gasteiger partial charge in [-0.25, -0.2) is 14.6 Å². The molecule has 0 saturated carbocycles. The van der Waals surface area contributed by atoms with Crippen LogP contribution in [0.2, 0.25) is 0 Å². The van der Waals surface area contributed by atoms with Gasteiger partial charge in [-0.15, -0.1) is 0 Å². The molecular weight excluding hydrogens is 520 g/mol. The monoisotopic (exact) mass is 546 g/mol. The van der Waals surface area contributed by atoms with E-state index >= 15 is 0 Å². The van der Waals surface area contributed by atoms with Crippen molar-refractivity contribution in [2.45, 2.75) is 12.5 Å². The zero-order valence-corrected chi connectivity index (χ0v) is 22.1. The van der Waals surface area contributed by atoms with Crippen LogP contribution in [0.1, 0.15) is 26.4 Å². The first-order valence-corrected chi connectivity index (χ1v) is 12.8. The van der Waals surface area contributed by atoms with Gasteiger partial charge in [0.15, 0.2) is 0 Å². The minimum Gasteiger partial charge on any atom is -0.508 e. The van der Waals surface area contributed by atoms with Crippen LogP contribution in [0.3, 0.4) is 0 Å². The average molecular weight is 547 g/mol. The number of methoxy groups -OCH3 is 1. The molecule has 0 saturated heterocycles. The topological polar surface area (TPSA) is 126 Å². The number of esters is 1. The normalized spacial score (nSPS) is 11.5. The van der Waals surface area contributed by atoms with Crippen LogP contribution in [0.25, 0.3) is 33.2 Å². The maximum Gasteiger partial charge on any atom is 0.336 e. The number of carbonyl (C=O) groups excluding carboxylic acids is 2. The molecule has 1 amide bonds. The number of phenolic OH excluding ortho intramolecular Hbond substituents is 1. The Morgan fingerprint density at radius 3 is 2.05 bits per heavy atom. The van der Waals surface area contributed by atoms with Gasteiger partial charge in [-0.2, -0.15) is 0 Å². The number of nitrogens with one attached hydrogen (secondary N) is 1. The van der Waals surface area contributed by atoms with Gasteiger partial charge >= 0.3 is 11.9 Å². The fourth-order valence-corrected chi connectivity index (χ4v) is 4.62. The summed E-state index contributed by atoms with van der Waals surface area (Å²) in [7, 11) is 1.21. The Balaban J connectivity index is 1.43. The van der Waals surface area contributed by atoms with Crippen molar-refractivity contribution in [2.75, 3.05) is 7.11 Å². The third-order valence-corrected chi connectivity index (χ3v) is 6.76. The number of nitrogens with zero attached hydrogens (tertiary/aromatic N) is 1. The van der Waals surface area contributed by atoms with Crippen molar-refractivity contribution < 1.29 is 29.3 Å². The minimum absolute atomic E-state index is 0.0707. The summed E-state index contributed by atoms with van der Waals surface area (Å²) in [6.07, 6.45) is 0.102. The second kappa shape index (κ2) is 11.7. The van der Waals surface area contributed by atoms with Gasteiger partial charge in [-0.3, -0.25) is 4.79 Å². The van der Waals surface area contributed by atoms with Crippen LogP contribution in [-0.2, 0) is 16.0 Å². The largest absolute Gasteiger partial charge is 0.508 e. The van der Waals surface area contributed by atoms with Gasteiger partial charge in [-0.1, -0.05) is 72.8 Å². The fourth-order valence-electron chi connectivity index (χ4n) is 4.62. The second-order valence-corrected chi connectivity index (χ2v) is 9.46. The number of benzene rings is 4. The van der Waals surface area contributed by atoms with Gasteiger partial charge < -0.3 is 20.3 Å². The molecule has 5 aromatic rings. The van der Waals surface area contributed by atoms with E-state index in [0.717, 1.165) is 22.3 Å². The van der Waals surface area contributed by atoms with E-state index in [4.69, 9.17) is 4.74 Å². The van der Waals surface area contributed by atoms with Crippen molar-refractivity contribution in [2.24, 2.45) is 0 Å². The number of carboxylic acids is 1. The number of ether oxygens (including phenoxy) is 1. The van der Waals surface area contributed by atoms with E-state index in [2.05, 4.69) is 10.3 Å². The highest BCUT2D eigenvalue weighted by Crippen LogP contribution is 2.29. The number of aromatic nitrogens is 1. The molecule has 0 aliphatic rings. The van der Waals surface area contributed by atoms with E-state index in [1.807, 2.05) is 60.7 Å². The van der Waals surface area contributed by atoms with Crippen molar-refractivity contribution in [3.63, 3.8) is 0 Å². The number of phenols is 1. The summed E-state index contributed by atoms with van der Waals surface area (Å²) < 4.78 is 4.85. The van der Waals surface area contributed by atoms with Gasteiger partial charge in [0.05, 0.1) is 18.2 Å². The van der Waals surface area contributed by atoms with Crippen LogP contribution in [0.4, 0.5) is 0 Å². The number of amides is 1. The summed E-state index contributed by atoms with van der Waals surface area (Å²) in [5, 5.41) is 22.5. The molecule has 41 heavy (non-hydrogen) atoms. The molecule has 8 nitrogen and oxygen atoms in total. The van der Waals surface area contributed by atoms with Gasteiger partial charge in [0.1, 0.15) is 17.5 Å². The Bertz CT molecular complexity index is 1730. The molecule has 1 heterocycles. The molecular formula is C33H26N2O6. The predicted octanol–water partition coefficient (Wildman–Crippen LogP) is 5.49. The van der Waals surface area contributed by atoms with Crippen LogP contribution in [0.15, 0.2) is 103 Å². The number of rotatable bonds is 8. The third-order valence-electron chi connectivity index (χ3n) is 6.76. The number of carboxylic acid groups (broad SMARTS) is 1. The van der Waals surface area contributed by atoms with E-state index in [1.165, 1.54) is 25.3 Å². The highest BCUT2D eigenvalue weighted by Gasteiger charge is 2.25. The number of aromatic hydroxyl groups is 1. The van der Waals surface area contributed by atoms with Gasteiger partial charge in [-0.05, 0) is 58.1 Å². The number of aromatic carboxylic acids is 1. The lowest BCUT2D eigenvalue weighted by Crippen LogP contribution is -2.43. The Labute approximate surface area is 235 Å². The first kappa shape index (κ1) is 27.1. The zero-order chi connectivity index (χ0) is 28.9. The number of carbonyl (C=O) groups is 3. The van der Waals surface area contributed by atoms with E-state index in [1.54, 1.807) is 24.3 Å². The maximum atomic E-state index is 13.2. The van der Waals surface area contributed by atoms with Gasteiger partial charge in [0.2, 0.25) is 0 Å². The molecule has 0 fully saturated rings. The number of hydrogen-bond donors (Lipinski definition) is 3. The number of pyridine rings is 1. The molecule has 3 N–H and O–H groups in total. The molecule has 0 bridgehead atoms. The Kier molecular flexibility index (Phi) is 7.74. The fraction of sp³-hybridized carbons (Fsp3) is 0.0909. The van der Waals surface area contributed by atoms with Crippen molar-refractivity contribution >= 4 is 28.7 Å². The highest BCUT2D eigenvalue weighted by molar-refractivity contribution is 6.07. The smallest absolute Gasteiger partial charge is 0.336 e. The lowest BCUT2D eigenvalue weighted by molar-refractivity contribution is -0.142. The van der Waals surface area contributed by atoms with Crippen LogP contribution in [0.5, 0.6) is 5.75 Å². The average Bonchev–Trinajstić information content (AvgIpc) is 3.01. The summed E-state index contributed by atoms with van der Waals surface area (Å²) in [6, 6.07) is 29.5. The Hall–Kier alpha value is -5.50. The molecule has 0 radical (unpaired) electrons. The van der Waals surface area contributed by atoms with Gasteiger partial charge in [0, 0.05) is 11.8 Å². The quantitative estimate of drug-likeness (QED) is 0.220. The molecule has 5 rings (SSSR count). The summed E-state index contributed by atoms with van der Waals surface area (Å²) in [4.78, 5) is 42.2. The van der Waals surface area contributed by atoms with E-state index in [0.29, 0.717) is 16.5 Å². The Morgan fingerprint density at radius 1 is 0.805 bits per heavy atom. The summed E-state index contributed by atoms with van der Waals surface area (Å²) in [6.45, 7) is 0. The molecule has 1 atom stereocenters. The Morgan fingerprint density at radius 2 is 1.41 bits per heavy atom. The molecule has 1 aromatic heterocycles. The van der Waals surface area contributed by atoms with Crippen molar-refractivity contribution in [3.05, 3.63) is 120 Å². The first-order valence-electron chi connectivity index (χ1n) is 12.8. The zero-order valence-electron chi connectivity index (χ0n) is 22.1. The molecule has 204 valence electrons. The van der Waals surface area contributed by atoms with Crippen LogP contribution in [0, 0.1) is 0 Å². The number of hydrogen-bond acceptors (Lipinski definition) is 6. The maximum absolute atomic E-state index is 13.2. The molecule has 0 spiro atoms. The van der Waals surface area contributed by atoms with Gasteiger partial charge in [0.25, 0.3) is 5.91 Å². The SMILES string of the molecule is COC(=O)C(Cc1ccc(O)cc1)NC(=O)c1cc(C(=O)O)c2cc(-c3ccc(-c4ccccc4)cc3)ccc2n1. The lowest BCUT2D eigenvalue weighted by Gasteiger charge is -2.17. The lowest BCUT2D eigenvalue weighted by atomic mass is 9.98. The third kappa shape index (κ3) is 6.07. The van der Waals surface area contributed by atoms with E-state index in [-0.39, 0.29) is 23.4 Å². The standard InChI is InChI=1S/C33H26N2O6/c1-41-33(40)30(17-20-7-14-25(36)15-8-20)35-31(37)29-19-27(32(38)39)26-18-24(13-16-28(26)34-29)23-11-9-22(10-12-23)21-5-3-2-4-6-21/h2-16,18-19,30,36H,17H2,1H3,(H,35,37)(H,38,39). The molecule has 4 aromatic carbocycles. The minimum atomic E-state index is -1.21. The van der Waals surface area contributed by atoms with Crippen molar-refractivity contribution in [1.29, 1.82) is 0 Å². The summed E-state index contributed by atoms with van der Waals surface area (Å²) in [5.41, 5.74) is 4.64. The summed E-state index contributed by atoms with van der Waals surface area (Å²) >= 11 is 0. The molecule has 0 aliphatic carbocycles. The van der Waals surface area contributed by atoms with Crippen molar-refractivity contribution in [3.8, 4) is 28.0 Å². The van der Waals surface area contributed by atoms with Crippen molar-refractivity contribution in [1.82, 2.24) is 10.3 Å². The summed E-state index contributed by atoms with van der Waals surface area (Å²) in [5.74, 6) is -2.53. The van der Waals surface area contributed by atoms with Crippen LogP contribution in [-0.4, -0.2) is 46.2 Å².